The highest BCUT2D eigenvalue weighted by atomic mass is 16.5. The first-order chi connectivity index (χ1) is 9.31. The lowest BCUT2D eigenvalue weighted by Gasteiger charge is -2.28. The summed E-state index contributed by atoms with van der Waals surface area (Å²) in [5.41, 5.74) is 2.51. The Labute approximate surface area is 116 Å². The van der Waals surface area contributed by atoms with Crippen molar-refractivity contribution in [2.24, 2.45) is 0 Å². The highest BCUT2D eigenvalue weighted by Gasteiger charge is 2.22. The molecule has 0 aliphatic heterocycles. The summed E-state index contributed by atoms with van der Waals surface area (Å²) < 4.78 is 5.50. The van der Waals surface area contributed by atoms with Gasteiger partial charge in [0.2, 0.25) is 0 Å². The fourth-order valence-electron chi connectivity index (χ4n) is 2.67. The van der Waals surface area contributed by atoms with Gasteiger partial charge in [-0.25, -0.2) is 0 Å². The molecule has 1 aromatic carbocycles. The zero-order valence-corrected chi connectivity index (χ0v) is 11.8. The van der Waals surface area contributed by atoms with Gasteiger partial charge in [0.15, 0.2) is 0 Å². The Morgan fingerprint density at radius 3 is 2.68 bits per heavy atom. The van der Waals surface area contributed by atoms with Gasteiger partial charge in [0, 0.05) is 19.2 Å². The molecular formula is C16H25NO2. The van der Waals surface area contributed by atoms with Crippen LogP contribution in [0.4, 0.5) is 0 Å². The van der Waals surface area contributed by atoms with Gasteiger partial charge in [0.25, 0.3) is 0 Å². The third-order valence-electron chi connectivity index (χ3n) is 3.86. The maximum absolute atomic E-state index is 9.97. The van der Waals surface area contributed by atoms with Crippen LogP contribution in [-0.2, 0) is 17.9 Å². The van der Waals surface area contributed by atoms with E-state index in [-0.39, 0.29) is 12.1 Å². The molecule has 0 heterocycles. The van der Waals surface area contributed by atoms with Crippen LogP contribution in [0.2, 0.25) is 0 Å². The molecule has 106 valence electrons. The van der Waals surface area contributed by atoms with E-state index < -0.39 is 0 Å². The molecular weight excluding hydrogens is 238 g/mol. The Bertz CT molecular complexity index is 381. The fraction of sp³-hybridized carbons (Fsp3) is 0.625. The Hall–Kier alpha value is -0.900. The predicted molar refractivity (Wildman–Crippen MR) is 76.9 cm³/mol. The average Bonchev–Trinajstić information content (AvgIpc) is 2.45. The molecule has 0 radical (unpaired) electrons. The maximum Gasteiger partial charge on any atom is 0.0719 e. The molecule has 3 heteroatoms. The Morgan fingerprint density at radius 1 is 1.21 bits per heavy atom. The normalized spacial score (nSPS) is 23.5. The summed E-state index contributed by atoms with van der Waals surface area (Å²) >= 11 is 0. The van der Waals surface area contributed by atoms with E-state index in [1.165, 1.54) is 17.5 Å². The molecule has 0 bridgehead atoms. The van der Waals surface area contributed by atoms with Crippen molar-refractivity contribution in [3.8, 4) is 0 Å². The van der Waals surface area contributed by atoms with E-state index in [2.05, 4.69) is 23.5 Å². The molecule has 1 saturated carbocycles. The summed E-state index contributed by atoms with van der Waals surface area (Å²) in [6, 6.07) is 8.60. The van der Waals surface area contributed by atoms with Crippen molar-refractivity contribution in [1.82, 2.24) is 5.32 Å². The predicted octanol–water partition coefficient (Wildman–Crippen LogP) is 2.62. The van der Waals surface area contributed by atoms with Crippen LogP contribution in [0.25, 0.3) is 0 Å². The van der Waals surface area contributed by atoms with Crippen LogP contribution in [0.1, 0.15) is 43.7 Å². The summed E-state index contributed by atoms with van der Waals surface area (Å²) in [7, 11) is 0. The molecule has 0 aromatic heterocycles. The van der Waals surface area contributed by atoms with E-state index in [1.807, 2.05) is 13.0 Å². The number of aliphatic hydroxyl groups excluding tert-OH is 1. The molecule has 1 fully saturated rings. The molecule has 2 N–H and O–H groups in total. The molecule has 1 aromatic rings. The molecule has 0 unspecified atom stereocenters. The van der Waals surface area contributed by atoms with Gasteiger partial charge in [-0.1, -0.05) is 37.1 Å². The highest BCUT2D eigenvalue weighted by molar-refractivity contribution is 5.26. The van der Waals surface area contributed by atoms with Crippen LogP contribution in [0, 0.1) is 0 Å². The van der Waals surface area contributed by atoms with E-state index >= 15 is 0 Å². The Balaban J connectivity index is 1.91. The van der Waals surface area contributed by atoms with Gasteiger partial charge >= 0.3 is 0 Å². The molecule has 2 rings (SSSR count). The summed E-state index contributed by atoms with van der Waals surface area (Å²) in [5.74, 6) is 0. The Kier molecular flexibility index (Phi) is 5.83. The average molecular weight is 263 g/mol. The van der Waals surface area contributed by atoms with Gasteiger partial charge in [-0.3, -0.25) is 0 Å². The van der Waals surface area contributed by atoms with Gasteiger partial charge in [0.1, 0.15) is 0 Å². The zero-order valence-electron chi connectivity index (χ0n) is 11.8. The zero-order chi connectivity index (χ0) is 13.5. The van der Waals surface area contributed by atoms with E-state index in [0.717, 1.165) is 32.4 Å². The van der Waals surface area contributed by atoms with Crippen molar-refractivity contribution in [1.29, 1.82) is 0 Å². The van der Waals surface area contributed by atoms with Crippen molar-refractivity contribution < 1.29 is 9.84 Å². The lowest BCUT2D eigenvalue weighted by atomic mass is 9.92. The first kappa shape index (κ1) is 14.5. The minimum Gasteiger partial charge on any atom is -0.392 e. The smallest absolute Gasteiger partial charge is 0.0719 e. The van der Waals surface area contributed by atoms with Crippen LogP contribution >= 0.6 is 0 Å². The van der Waals surface area contributed by atoms with Gasteiger partial charge in [-0.05, 0) is 30.9 Å². The number of ether oxygens (including phenoxy) is 1. The number of hydrogen-bond acceptors (Lipinski definition) is 3. The van der Waals surface area contributed by atoms with Crippen LogP contribution < -0.4 is 5.32 Å². The quantitative estimate of drug-likeness (QED) is 0.829. The fourth-order valence-corrected chi connectivity index (χ4v) is 2.67. The van der Waals surface area contributed by atoms with E-state index in [9.17, 15) is 5.11 Å². The van der Waals surface area contributed by atoms with Gasteiger partial charge in [-0.2, -0.15) is 0 Å². The van der Waals surface area contributed by atoms with Crippen LogP contribution in [0.15, 0.2) is 24.3 Å². The van der Waals surface area contributed by atoms with Crippen molar-refractivity contribution in [2.75, 3.05) is 6.61 Å². The van der Waals surface area contributed by atoms with E-state index in [0.29, 0.717) is 6.61 Å². The first-order valence-corrected chi connectivity index (χ1v) is 7.37. The molecule has 0 saturated heterocycles. The number of benzene rings is 1. The minimum absolute atomic E-state index is 0.187. The molecule has 3 nitrogen and oxygen atoms in total. The minimum atomic E-state index is -0.187. The van der Waals surface area contributed by atoms with Gasteiger partial charge in [-0.15, -0.1) is 0 Å². The lowest BCUT2D eigenvalue weighted by Crippen LogP contribution is -2.41. The SMILES string of the molecule is CCOCc1ccccc1CN[C@H]1CCCC[C@@H]1O. The second-order valence-corrected chi connectivity index (χ2v) is 5.25. The van der Waals surface area contributed by atoms with Gasteiger partial charge in [0.05, 0.1) is 12.7 Å². The monoisotopic (exact) mass is 263 g/mol. The highest BCUT2D eigenvalue weighted by Crippen LogP contribution is 2.19. The molecule has 2 atom stereocenters. The van der Waals surface area contributed by atoms with Crippen LogP contribution in [0.3, 0.4) is 0 Å². The summed E-state index contributed by atoms with van der Waals surface area (Å²) in [5, 5.41) is 13.5. The molecule has 19 heavy (non-hydrogen) atoms. The number of rotatable bonds is 6. The maximum atomic E-state index is 9.97. The number of aliphatic hydroxyl groups is 1. The van der Waals surface area contributed by atoms with Gasteiger partial charge < -0.3 is 15.2 Å². The molecule has 0 spiro atoms. The summed E-state index contributed by atoms with van der Waals surface area (Å²) in [6.07, 6.45) is 4.19. The second-order valence-electron chi connectivity index (χ2n) is 5.25. The summed E-state index contributed by atoms with van der Waals surface area (Å²) in [4.78, 5) is 0. The number of nitrogens with one attached hydrogen (secondary N) is 1. The van der Waals surface area contributed by atoms with E-state index in [1.54, 1.807) is 0 Å². The van der Waals surface area contributed by atoms with E-state index in [4.69, 9.17) is 4.74 Å². The second kappa shape index (κ2) is 7.63. The molecule has 1 aliphatic carbocycles. The van der Waals surface area contributed by atoms with Crippen molar-refractivity contribution in [2.45, 2.75) is 57.9 Å². The summed E-state index contributed by atoms with van der Waals surface area (Å²) in [6.45, 7) is 4.23. The third kappa shape index (κ3) is 4.30. The first-order valence-electron chi connectivity index (χ1n) is 7.37. The topological polar surface area (TPSA) is 41.5 Å². The lowest BCUT2D eigenvalue weighted by molar-refractivity contribution is 0.0900. The third-order valence-corrected chi connectivity index (χ3v) is 3.86. The number of hydrogen-bond donors (Lipinski definition) is 2. The molecule has 1 aliphatic rings. The standard InChI is InChI=1S/C16H25NO2/c1-2-19-12-14-8-4-3-7-13(14)11-17-15-9-5-6-10-16(15)18/h3-4,7-8,15-18H,2,5-6,9-12H2,1H3/t15-,16-/m0/s1. The van der Waals surface area contributed by atoms with Crippen LogP contribution in [-0.4, -0.2) is 23.9 Å². The van der Waals surface area contributed by atoms with Crippen LogP contribution in [0.5, 0.6) is 0 Å². The Morgan fingerprint density at radius 2 is 1.95 bits per heavy atom. The largest absolute Gasteiger partial charge is 0.392 e. The van der Waals surface area contributed by atoms with Crippen molar-refractivity contribution in [3.05, 3.63) is 35.4 Å². The molecule has 0 amide bonds. The van der Waals surface area contributed by atoms with Crippen molar-refractivity contribution in [3.63, 3.8) is 0 Å². The van der Waals surface area contributed by atoms with Crippen molar-refractivity contribution >= 4 is 0 Å².